The molecule has 0 atom stereocenters. The average molecular weight is 376 g/mol. The first kappa shape index (κ1) is 17.8. The van der Waals surface area contributed by atoms with Gasteiger partial charge in [0.2, 0.25) is 0 Å². The van der Waals surface area contributed by atoms with E-state index >= 15 is 0 Å². The van der Waals surface area contributed by atoms with Crippen molar-refractivity contribution in [1.29, 1.82) is 0 Å². The van der Waals surface area contributed by atoms with E-state index in [1.165, 1.54) is 11.6 Å². The van der Waals surface area contributed by atoms with Gasteiger partial charge in [0.15, 0.2) is 0 Å². The number of amides is 1. The number of pyridine rings is 1. The van der Waals surface area contributed by atoms with Crippen LogP contribution in [0.2, 0.25) is 0 Å². The van der Waals surface area contributed by atoms with Gasteiger partial charge in [0.25, 0.3) is 5.91 Å². The van der Waals surface area contributed by atoms with Gasteiger partial charge in [-0.05, 0) is 35.6 Å². The zero-order chi connectivity index (χ0) is 19.0. The highest BCUT2D eigenvalue weighted by atomic mass is 19.4. The second-order valence-electron chi connectivity index (χ2n) is 6.74. The lowest BCUT2D eigenvalue weighted by atomic mass is 9.94. The summed E-state index contributed by atoms with van der Waals surface area (Å²) >= 11 is 0. The number of halogens is 3. The summed E-state index contributed by atoms with van der Waals surface area (Å²) in [7, 11) is 0. The summed E-state index contributed by atoms with van der Waals surface area (Å²) in [5, 5.41) is 6.18. The fraction of sp³-hybridized carbons (Fsp3) is 0.368. The molecule has 1 amide bonds. The molecule has 2 aromatic heterocycles. The summed E-state index contributed by atoms with van der Waals surface area (Å²) in [6, 6.07) is 2.26. The molecule has 2 aromatic rings. The zero-order valence-corrected chi connectivity index (χ0v) is 14.6. The Hall–Kier alpha value is -2.61. The van der Waals surface area contributed by atoms with Crippen LogP contribution in [0.25, 0.3) is 5.57 Å². The molecule has 0 unspecified atom stereocenters. The number of hydrogen-bond donors (Lipinski definition) is 2. The standard InChI is InChI=1S/C19H19F3N4O/c20-19(21,22)16-5-4-12(8-24-16)9-25-18(27)15-11-26-7-6-23-10-13-2-1-3-14(15)17(13)26/h2,4-5,8,11,23H,1,3,6-7,9-10H2,(H,25,27). The molecule has 4 rings (SSSR count). The highest BCUT2D eigenvalue weighted by molar-refractivity contribution is 5.97. The van der Waals surface area contributed by atoms with E-state index in [0.717, 1.165) is 56.0 Å². The van der Waals surface area contributed by atoms with E-state index < -0.39 is 11.9 Å². The molecule has 0 saturated heterocycles. The predicted octanol–water partition coefficient (Wildman–Crippen LogP) is 2.76. The predicted molar refractivity (Wildman–Crippen MR) is 94.0 cm³/mol. The Morgan fingerprint density at radius 3 is 2.93 bits per heavy atom. The molecule has 8 heteroatoms. The van der Waals surface area contributed by atoms with Gasteiger partial charge in [-0.3, -0.25) is 9.78 Å². The Morgan fingerprint density at radius 1 is 1.33 bits per heavy atom. The van der Waals surface area contributed by atoms with E-state index in [-0.39, 0.29) is 12.5 Å². The van der Waals surface area contributed by atoms with Crippen molar-refractivity contribution in [3.63, 3.8) is 0 Å². The van der Waals surface area contributed by atoms with Crippen LogP contribution in [0, 0.1) is 0 Å². The Balaban J connectivity index is 1.50. The minimum Gasteiger partial charge on any atom is -0.348 e. The van der Waals surface area contributed by atoms with E-state index in [2.05, 4.69) is 26.3 Å². The van der Waals surface area contributed by atoms with Gasteiger partial charge < -0.3 is 15.2 Å². The molecule has 0 aromatic carbocycles. The first-order valence-corrected chi connectivity index (χ1v) is 8.86. The highest BCUT2D eigenvalue weighted by Crippen LogP contribution is 2.31. The molecule has 1 aliphatic heterocycles. The third-order valence-electron chi connectivity index (χ3n) is 4.93. The van der Waals surface area contributed by atoms with E-state index in [0.29, 0.717) is 11.1 Å². The zero-order valence-electron chi connectivity index (χ0n) is 14.6. The summed E-state index contributed by atoms with van der Waals surface area (Å²) in [5.74, 6) is -0.209. The second-order valence-corrected chi connectivity index (χ2v) is 6.74. The van der Waals surface area contributed by atoms with Crippen molar-refractivity contribution >= 4 is 11.5 Å². The van der Waals surface area contributed by atoms with Crippen molar-refractivity contribution in [3.05, 3.63) is 58.7 Å². The lowest BCUT2D eigenvalue weighted by Gasteiger charge is -2.15. The van der Waals surface area contributed by atoms with Crippen LogP contribution >= 0.6 is 0 Å². The van der Waals surface area contributed by atoms with Gasteiger partial charge in [0, 0.05) is 44.3 Å². The van der Waals surface area contributed by atoms with Crippen molar-refractivity contribution in [2.75, 3.05) is 13.1 Å². The Kier molecular flexibility index (Phi) is 4.51. The van der Waals surface area contributed by atoms with Crippen molar-refractivity contribution in [1.82, 2.24) is 20.2 Å². The van der Waals surface area contributed by atoms with Gasteiger partial charge in [-0.25, -0.2) is 0 Å². The normalized spacial score (nSPS) is 16.3. The third-order valence-corrected chi connectivity index (χ3v) is 4.93. The van der Waals surface area contributed by atoms with E-state index in [1.807, 2.05) is 6.20 Å². The number of hydrogen-bond acceptors (Lipinski definition) is 3. The summed E-state index contributed by atoms with van der Waals surface area (Å²) < 4.78 is 39.8. The number of alkyl halides is 3. The average Bonchev–Trinajstić information content (AvgIpc) is 2.89. The van der Waals surface area contributed by atoms with Crippen molar-refractivity contribution < 1.29 is 18.0 Å². The fourth-order valence-corrected chi connectivity index (χ4v) is 3.64. The maximum atomic E-state index is 12.7. The molecule has 27 heavy (non-hydrogen) atoms. The number of aromatic nitrogens is 2. The maximum absolute atomic E-state index is 12.7. The minimum absolute atomic E-state index is 0.133. The summed E-state index contributed by atoms with van der Waals surface area (Å²) in [5.41, 5.74) is 3.64. The minimum atomic E-state index is -4.46. The maximum Gasteiger partial charge on any atom is 0.433 e. The summed E-state index contributed by atoms with van der Waals surface area (Å²) in [4.78, 5) is 16.1. The molecule has 1 aliphatic carbocycles. The molecule has 142 valence electrons. The Bertz CT molecular complexity index is 897. The first-order valence-electron chi connectivity index (χ1n) is 8.86. The number of rotatable bonds is 3. The summed E-state index contributed by atoms with van der Waals surface area (Å²) in [6.45, 7) is 2.58. The number of carbonyl (C=O) groups excluding carboxylic acids is 1. The first-order chi connectivity index (χ1) is 12.9. The lowest BCUT2D eigenvalue weighted by Crippen LogP contribution is -2.24. The highest BCUT2D eigenvalue weighted by Gasteiger charge is 2.32. The van der Waals surface area contributed by atoms with Crippen LogP contribution in [-0.4, -0.2) is 28.5 Å². The fourth-order valence-electron chi connectivity index (χ4n) is 3.64. The van der Waals surface area contributed by atoms with Gasteiger partial charge in [0.1, 0.15) is 5.69 Å². The van der Waals surface area contributed by atoms with E-state index in [4.69, 9.17) is 0 Å². The van der Waals surface area contributed by atoms with Crippen molar-refractivity contribution in [2.24, 2.45) is 0 Å². The van der Waals surface area contributed by atoms with Crippen LogP contribution in [0.15, 0.2) is 30.6 Å². The molecule has 2 aliphatic rings. The monoisotopic (exact) mass is 376 g/mol. The van der Waals surface area contributed by atoms with Crippen molar-refractivity contribution in [3.8, 4) is 0 Å². The van der Waals surface area contributed by atoms with Crippen LogP contribution in [0.5, 0.6) is 0 Å². The van der Waals surface area contributed by atoms with Gasteiger partial charge in [-0.2, -0.15) is 13.2 Å². The molecular formula is C19H19F3N4O. The molecule has 0 fully saturated rings. The number of nitrogens with zero attached hydrogens (tertiary/aromatic N) is 2. The third kappa shape index (κ3) is 3.49. The SMILES string of the molecule is O=C(NCc1ccc(C(F)(F)F)nc1)c1cn2c3c1CCC=C3CNCC2. The van der Waals surface area contributed by atoms with Crippen LogP contribution in [0.4, 0.5) is 13.2 Å². The molecule has 0 spiro atoms. The quantitative estimate of drug-likeness (QED) is 0.866. The number of allylic oxidation sites excluding steroid dienone is 1. The molecule has 2 N–H and O–H groups in total. The van der Waals surface area contributed by atoms with Crippen LogP contribution in [0.3, 0.4) is 0 Å². The number of carbonyl (C=O) groups is 1. The van der Waals surface area contributed by atoms with Crippen LogP contribution < -0.4 is 10.6 Å². The van der Waals surface area contributed by atoms with Crippen molar-refractivity contribution in [2.45, 2.75) is 32.1 Å². The molecule has 0 radical (unpaired) electrons. The van der Waals surface area contributed by atoms with E-state index in [1.54, 1.807) is 0 Å². The largest absolute Gasteiger partial charge is 0.433 e. The smallest absolute Gasteiger partial charge is 0.348 e. The van der Waals surface area contributed by atoms with Crippen LogP contribution in [0.1, 0.15) is 39.3 Å². The van der Waals surface area contributed by atoms with Gasteiger partial charge in [-0.15, -0.1) is 0 Å². The lowest BCUT2D eigenvalue weighted by molar-refractivity contribution is -0.141. The van der Waals surface area contributed by atoms with Gasteiger partial charge in [0.05, 0.1) is 5.56 Å². The molecule has 0 saturated carbocycles. The van der Waals surface area contributed by atoms with E-state index in [9.17, 15) is 18.0 Å². The molecule has 3 heterocycles. The molecule has 5 nitrogen and oxygen atoms in total. The van der Waals surface area contributed by atoms with Crippen LogP contribution in [-0.2, 0) is 25.7 Å². The topological polar surface area (TPSA) is 59.0 Å². The second kappa shape index (κ2) is 6.84. The number of nitrogens with one attached hydrogen (secondary N) is 2. The Labute approximate surface area is 154 Å². The molecular weight excluding hydrogens is 357 g/mol. The summed E-state index contributed by atoms with van der Waals surface area (Å²) in [6.07, 6.45) is 2.50. The van der Waals surface area contributed by atoms with Gasteiger partial charge >= 0.3 is 6.18 Å². The molecule has 0 bridgehead atoms. The van der Waals surface area contributed by atoms with Gasteiger partial charge in [-0.1, -0.05) is 12.1 Å². The Morgan fingerprint density at radius 2 is 2.19 bits per heavy atom.